The van der Waals surface area contributed by atoms with Gasteiger partial charge in [0, 0.05) is 31.9 Å². The number of hydrogen-bond donors (Lipinski definition) is 1. The van der Waals surface area contributed by atoms with Gasteiger partial charge in [-0.25, -0.2) is 4.68 Å². The van der Waals surface area contributed by atoms with Gasteiger partial charge < -0.3 is 4.90 Å². The van der Waals surface area contributed by atoms with Gasteiger partial charge in [0.2, 0.25) is 0 Å². The van der Waals surface area contributed by atoms with E-state index in [0.717, 1.165) is 18.5 Å². The number of hydrogen-bond acceptors (Lipinski definition) is 4. The van der Waals surface area contributed by atoms with E-state index in [-0.39, 0.29) is 11.5 Å². The van der Waals surface area contributed by atoms with Crippen molar-refractivity contribution in [2.45, 2.75) is 26.3 Å². The minimum Gasteiger partial charge on any atom is -0.337 e. The van der Waals surface area contributed by atoms with E-state index in [2.05, 4.69) is 15.3 Å². The zero-order valence-corrected chi connectivity index (χ0v) is 12.5. The Kier molecular flexibility index (Phi) is 4.04. The fraction of sp³-hybridized carbons (Fsp3) is 0.467. The highest BCUT2D eigenvalue weighted by Crippen LogP contribution is 2.19. The first kappa shape index (κ1) is 14.5. The molecule has 2 aromatic rings. The lowest BCUT2D eigenvalue weighted by Crippen LogP contribution is -2.40. The molecule has 22 heavy (non-hydrogen) atoms. The Balaban J connectivity index is 1.59. The van der Waals surface area contributed by atoms with Gasteiger partial charge in [0.25, 0.3) is 11.5 Å². The highest BCUT2D eigenvalue weighted by molar-refractivity contribution is 5.92. The Bertz CT molecular complexity index is 699. The predicted octanol–water partition coefficient (Wildman–Crippen LogP) is 0.827. The van der Waals surface area contributed by atoms with E-state index in [1.807, 2.05) is 11.8 Å². The average Bonchev–Trinajstić information content (AvgIpc) is 3.05. The summed E-state index contributed by atoms with van der Waals surface area (Å²) in [5.41, 5.74) is 1.29. The Hall–Kier alpha value is -2.44. The van der Waals surface area contributed by atoms with Gasteiger partial charge in [0.15, 0.2) is 0 Å². The van der Waals surface area contributed by atoms with Crippen molar-refractivity contribution in [1.82, 2.24) is 24.9 Å². The van der Waals surface area contributed by atoms with Crippen LogP contribution >= 0.6 is 0 Å². The number of carbonyl (C=O) groups is 1. The monoisotopic (exact) mass is 301 g/mol. The second kappa shape index (κ2) is 6.13. The third-order valence-electron chi connectivity index (χ3n) is 4.06. The van der Waals surface area contributed by atoms with Gasteiger partial charge in [0.05, 0.1) is 5.69 Å². The molecule has 0 atom stereocenters. The van der Waals surface area contributed by atoms with Crippen LogP contribution in [0.25, 0.3) is 0 Å². The molecule has 1 fully saturated rings. The van der Waals surface area contributed by atoms with Crippen LogP contribution in [-0.2, 0) is 6.54 Å². The largest absolute Gasteiger partial charge is 0.337 e. The smallest absolute Gasteiger partial charge is 0.271 e. The van der Waals surface area contributed by atoms with Crippen molar-refractivity contribution < 1.29 is 4.79 Å². The number of amides is 1. The van der Waals surface area contributed by atoms with Gasteiger partial charge in [-0.15, -0.1) is 0 Å². The van der Waals surface area contributed by atoms with Crippen LogP contribution in [0.2, 0.25) is 0 Å². The number of aromatic nitrogens is 4. The highest BCUT2D eigenvalue weighted by Gasteiger charge is 2.24. The molecule has 7 nitrogen and oxygen atoms in total. The number of nitrogens with zero attached hydrogens (tertiary/aromatic N) is 4. The van der Waals surface area contributed by atoms with Crippen molar-refractivity contribution in [2.75, 3.05) is 13.1 Å². The zero-order valence-electron chi connectivity index (χ0n) is 12.5. The van der Waals surface area contributed by atoms with Crippen LogP contribution in [0.15, 0.2) is 29.2 Å². The second-order valence-corrected chi connectivity index (χ2v) is 5.70. The maximum Gasteiger partial charge on any atom is 0.271 e. The lowest BCUT2D eigenvalue weighted by Gasteiger charge is -2.31. The van der Waals surface area contributed by atoms with Crippen molar-refractivity contribution in [3.05, 3.63) is 46.1 Å². The molecule has 1 aliphatic rings. The van der Waals surface area contributed by atoms with Crippen molar-refractivity contribution in [1.29, 1.82) is 0 Å². The number of H-pyrrole nitrogens is 1. The van der Waals surface area contributed by atoms with Crippen LogP contribution in [0.1, 0.15) is 29.0 Å². The van der Waals surface area contributed by atoms with Crippen molar-refractivity contribution in [2.24, 2.45) is 5.92 Å². The maximum absolute atomic E-state index is 12.2. The summed E-state index contributed by atoms with van der Waals surface area (Å²) < 4.78 is 1.53. The van der Waals surface area contributed by atoms with Crippen LogP contribution < -0.4 is 5.56 Å². The van der Waals surface area contributed by atoms with E-state index in [1.165, 1.54) is 4.68 Å². The lowest BCUT2D eigenvalue weighted by atomic mass is 9.96. The summed E-state index contributed by atoms with van der Waals surface area (Å²) in [6.07, 6.45) is 3.33. The first-order valence-electron chi connectivity index (χ1n) is 7.47. The van der Waals surface area contributed by atoms with Gasteiger partial charge >= 0.3 is 0 Å². The van der Waals surface area contributed by atoms with E-state index in [0.29, 0.717) is 31.2 Å². The molecule has 116 valence electrons. The third kappa shape index (κ3) is 3.08. The summed E-state index contributed by atoms with van der Waals surface area (Å²) >= 11 is 0. The summed E-state index contributed by atoms with van der Waals surface area (Å²) in [5, 5.41) is 10.8. The van der Waals surface area contributed by atoms with Crippen LogP contribution in [-0.4, -0.2) is 43.9 Å². The van der Waals surface area contributed by atoms with Crippen LogP contribution in [0.5, 0.6) is 0 Å². The molecule has 1 N–H and O–H groups in total. The molecule has 0 bridgehead atoms. The summed E-state index contributed by atoms with van der Waals surface area (Å²) in [4.78, 5) is 25.8. The molecule has 7 heteroatoms. The summed E-state index contributed by atoms with van der Waals surface area (Å²) in [6.45, 7) is 3.89. The topological polar surface area (TPSA) is 83.9 Å². The Morgan fingerprint density at radius 2 is 2.09 bits per heavy atom. The lowest BCUT2D eigenvalue weighted by molar-refractivity contribution is 0.0674. The van der Waals surface area contributed by atoms with E-state index in [1.54, 1.807) is 24.4 Å². The second-order valence-electron chi connectivity index (χ2n) is 5.70. The molecular formula is C15H19N5O2. The van der Waals surface area contributed by atoms with Gasteiger partial charge in [-0.05, 0) is 37.8 Å². The van der Waals surface area contributed by atoms with Gasteiger partial charge in [0.1, 0.15) is 5.69 Å². The number of piperidine rings is 1. The minimum atomic E-state index is -0.0680. The van der Waals surface area contributed by atoms with Crippen LogP contribution in [0.4, 0.5) is 0 Å². The van der Waals surface area contributed by atoms with E-state index in [9.17, 15) is 9.59 Å². The molecular weight excluding hydrogens is 282 g/mol. The molecule has 3 rings (SSSR count). The minimum absolute atomic E-state index is 0.0122. The van der Waals surface area contributed by atoms with Crippen LogP contribution in [0.3, 0.4) is 0 Å². The van der Waals surface area contributed by atoms with Gasteiger partial charge in [-0.2, -0.15) is 10.2 Å². The van der Waals surface area contributed by atoms with Gasteiger partial charge in [-0.3, -0.25) is 14.7 Å². The van der Waals surface area contributed by atoms with Crippen molar-refractivity contribution in [3.63, 3.8) is 0 Å². The maximum atomic E-state index is 12.2. The first-order chi connectivity index (χ1) is 10.6. The molecule has 1 saturated heterocycles. The standard InChI is InChI=1S/C15H19N5O2/c1-11-2-3-14(21)20(18-11)10-12-5-8-19(9-6-12)15(22)13-4-7-16-17-13/h2-4,7,12H,5-6,8-10H2,1H3,(H,16,17). The highest BCUT2D eigenvalue weighted by atomic mass is 16.2. The number of aromatic amines is 1. The number of rotatable bonds is 3. The third-order valence-corrected chi connectivity index (χ3v) is 4.06. The van der Waals surface area contributed by atoms with Crippen molar-refractivity contribution in [3.8, 4) is 0 Å². The Labute approximate surface area is 128 Å². The summed E-state index contributed by atoms with van der Waals surface area (Å²) in [7, 11) is 0. The summed E-state index contributed by atoms with van der Waals surface area (Å²) in [6, 6.07) is 4.97. The number of aryl methyl sites for hydroxylation is 1. The molecule has 1 aliphatic heterocycles. The molecule has 0 aliphatic carbocycles. The fourth-order valence-electron chi connectivity index (χ4n) is 2.79. The Morgan fingerprint density at radius 3 is 2.77 bits per heavy atom. The predicted molar refractivity (Wildman–Crippen MR) is 80.4 cm³/mol. The normalized spacial score (nSPS) is 16.0. The van der Waals surface area contributed by atoms with Gasteiger partial charge in [-0.1, -0.05) is 0 Å². The first-order valence-corrected chi connectivity index (χ1v) is 7.47. The quantitative estimate of drug-likeness (QED) is 0.910. The van der Waals surface area contributed by atoms with E-state index in [4.69, 9.17) is 0 Å². The SMILES string of the molecule is Cc1ccc(=O)n(CC2CCN(C(=O)c3ccn[nH]3)CC2)n1. The fourth-order valence-corrected chi connectivity index (χ4v) is 2.79. The molecule has 0 spiro atoms. The Morgan fingerprint density at radius 1 is 1.32 bits per heavy atom. The molecule has 2 aromatic heterocycles. The average molecular weight is 301 g/mol. The summed E-state index contributed by atoms with van der Waals surface area (Å²) in [5.74, 6) is 0.361. The number of likely N-dealkylation sites (tertiary alicyclic amines) is 1. The molecule has 1 amide bonds. The number of carbonyl (C=O) groups excluding carboxylic acids is 1. The zero-order chi connectivity index (χ0) is 15.5. The van der Waals surface area contributed by atoms with E-state index < -0.39 is 0 Å². The van der Waals surface area contributed by atoms with E-state index >= 15 is 0 Å². The van der Waals surface area contributed by atoms with Crippen molar-refractivity contribution >= 4 is 5.91 Å². The molecule has 0 aromatic carbocycles. The molecule has 0 saturated carbocycles. The number of nitrogens with one attached hydrogen (secondary N) is 1. The molecule has 0 unspecified atom stereocenters. The molecule has 0 radical (unpaired) electrons. The van der Waals surface area contributed by atoms with Crippen LogP contribution in [0, 0.1) is 12.8 Å². The molecule has 3 heterocycles.